The molecular formula is C74H140O17P2. The summed E-state index contributed by atoms with van der Waals surface area (Å²) < 4.78 is 68.4. The molecule has 3 N–H and O–H groups in total. The van der Waals surface area contributed by atoms with E-state index in [2.05, 4.69) is 58.9 Å². The Kier molecular flexibility index (Phi) is 65.0. The molecule has 6 atom stereocenters. The van der Waals surface area contributed by atoms with E-state index in [9.17, 15) is 43.2 Å². The molecule has 548 valence electrons. The monoisotopic (exact) mass is 1360 g/mol. The number of allylic oxidation sites excluding steroid dienone is 4. The lowest BCUT2D eigenvalue weighted by Crippen LogP contribution is -2.30. The second-order valence-corrected chi connectivity index (χ2v) is 29.1. The molecule has 0 heterocycles. The minimum atomic E-state index is -4.96. The highest BCUT2D eigenvalue weighted by Gasteiger charge is 2.30. The topological polar surface area (TPSA) is 237 Å². The van der Waals surface area contributed by atoms with Gasteiger partial charge in [-0.15, -0.1) is 0 Å². The Labute approximate surface area is 567 Å². The summed E-state index contributed by atoms with van der Waals surface area (Å²) in [4.78, 5) is 72.6. The standard InChI is InChI=1S/C74H140O17P2/c1-6-10-13-16-19-22-24-26-28-30-32-34-39-44-49-54-59-73(78)91-70(64-85-72(77)58-53-48-43-38-33-31-29-27-25-23-20-17-14-11-7-2)66-89-93(82,83)87-62-68(75)61-86-92(80,81)88-65-69(63-84-71(76)57-52-47-42-21-18-15-12-8-3)90-74(79)60-55-50-45-40-36-35-37-41-46-51-56-67(5)9-4/h23,25,27,29,67-70,75H,6-22,24,26,28,30-66H2,1-5H3,(H,80,81)(H,82,83)/b25-23-,29-27-/t67?,68-,69+,70+/m0/s1. The number of ether oxygens (including phenoxy) is 4. The zero-order valence-corrected chi connectivity index (χ0v) is 61.7. The van der Waals surface area contributed by atoms with Crippen molar-refractivity contribution in [2.24, 2.45) is 5.92 Å². The first-order valence-electron chi connectivity index (χ1n) is 38.0. The molecule has 0 rings (SSSR count). The van der Waals surface area contributed by atoms with Crippen molar-refractivity contribution in [1.82, 2.24) is 0 Å². The number of carbonyl (C=O) groups is 4. The number of phosphoric acid groups is 2. The van der Waals surface area contributed by atoms with Gasteiger partial charge in [-0.3, -0.25) is 37.3 Å². The Morgan fingerprint density at radius 1 is 0.344 bits per heavy atom. The number of hydrogen-bond donors (Lipinski definition) is 3. The van der Waals surface area contributed by atoms with E-state index >= 15 is 0 Å². The zero-order chi connectivity index (χ0) is 68.4. The number of phosphoric ester groups is 2. The largest absolute Gasteiger partial charge is 0.472 e. The summed E-state index contributed by atoms with van der Waals surface area (Å²) in [6, 6.07) is 0. The molecule has 19 heteroatoms. The summed E-state index contributed by atoms with van der Waals surface area (Å²) in [7, 11) is -9.92. The van der Waals surface area contributed by atoms with Gasteiger partial charge in [-0.2, -0.15) is 0 Å². The summed E-state index contributed by atoms with van der Waals surface area (Å²) >= 11 is 0. The minimum absolute atomic E-state index is 0.101. The molecule has 0 saturated heterocycles. The van der Waals surface area contributed by atoms with Gasteiger partial charge in [-0.1, -0.05) is 309 Å². The highest BCUT2D eigenvalue weighted by Crippen LogP contribution is 2.45. The average molecular weight is 1360 g/mol. The fourth-order valence-corrected chi connectivity index (χ4v) is 12.4. The zero-order valence-electron chi connectivity index (χ0n) is 59.9. The molecule has 0 fully saturated rings. The molecule has 0 aromatic rings. The number of rotatable bonds is 72. The van der Waals surface area contributed by atoms with E-state index in [1.54, 1.807) is 0 Å². The summed E-state index contributed by atoms with van der Waals surface area (Å²) in [6.45, 7) is 7.21. The fourth-order valence-electron chi connectivity index (χ4n) is 10.8. The molecule has 17 nitrogen and oxygen atoms in total. The van der Waals surface area contributed by atoms with E-state index in [-0.39, 0.29) is 25.7 Å². The van der Waals surface area contributed by atoms with Crippen LogP contribution in [-0.4, -0.2) is 96.7 Å². The second kappa shape index (κ2) is 66.8. The molecule has 93 heavy (non-hydrogen) atoms. The number of unbranched alkanes of at least 4 members (excludes halogenated alkanes) is 40. The van der Waals surface area contributed by atoms with Crippen molar-refractivity contribution in [2.45, 2.75) is 380 Å². The van der Waals surface area contributed by atoms with Crippen molar-refractivity contribution < 1.29 is 80.2 Å². The Morgan fingerprint density at radius 2 is 0.602 bits per heavy atom. The van der Waals surface area contributed by atoms with Gasteiger partial charge in [0.25, 0.3) is 0 Å². The van der Waals surface area contributed by atoms with Gasteiger partial charge < -0.3 is 33.8 Å². The van der Waals surface area contributed by atoms with Gasteiger partial charge in [0.05, 0.1) is 26.4 Å². The molecule has 0 saturated carbocycles. The lowest BCUT2D eigenvalue weighted by Gasteiger charge is -2.21. The van der Waals surface area contributed by atoms with E-state index in [0.29, 0.717) is 25.7 Å². The van der Waals surface area contributed by atoms with E-state index in [1.807, 2.05) is 0 Å². The Morgan fingerprint density at radius 3 is 0.914 bits per heavy atom. The van der Waals surface area contributed by atoms with Crippen LogP contribution in [0.25, 0.3) is 0 Å². The van der Waals surface area contributed by atoms with E-state index in [4.69, 9.17) is 37.0 Å². The molecule has 0 aromatic carbocycles. The molecule has 3 unspecified atom stereocenters. The van der Waals surface area contributed by atoms with Crippen LogP contribution < -0.4 is 0 Å². The molecule has 0 aliphatic heterocycles. The van der Waals surface area contributed by atoms with Crippen LogP contribution in [0, 0.1) is 5.92 Å². The first kappa shape index (κ1) is 90.5. The van der Waals surface area contributed by atoms with Crippen molar-refractivity contribution in [3.05, 3.63) is 24.3 Å². The van der Waals surface area contributed by atoms with Crippen LogP contribution in [-0.2, 0) is 65.4 Å². The van der Waals surface area contributed by atoms with Gasteiger partial charge in [-0.05, 0) is 57.3 Å². The van der Waals surface area contributed by atoms with Crippen LogP contribution in [0.4, 0.5) is 0 Å². The summed E-state index contributed by atoms with van der Waals surface area (Å²) in [5.41, 5.74) is 0. The van der Waals surface area contributed by atoms with E-state index in [0.717, 1.165) is 121 Å². The molecule has 0 radical (unpaired) electrons. The van der Waals surface area contributed by atoms with Crippen LogP contribution in [0.15, 0.2) is 24.3 Å². The predicted octanol–water partition coefficient (Wildman–Crippen LogP) is 21.2. The fraction of sp³-hybridized carbons (Fsp3) is 0.892. The maximum absolute atomic E-state index is 13.1. The Bertz CT molecular complexity index is 1880. The van der Waals surface area contributed by atoms with Crippen LogP contribution in [0.1, 0.15) is 362 Å². The lowest BCUT2D eigenvalue weighted by atomic mass is 9.99. The number of carbonyl (C=O) groups excluding carboxylic acids is 4. The van der Waals surface area contributed by atoms with Gasteiger partial charge in [0, 0.05) is 25.7 Å². The number of aliphatic hydroxyl groups is 1. The number of aliphatic hydroxyl groups excluding tert-OH is 1. The molecule has 0 spiro atoms. The SMILES string of the molecule is CCCCCC/C=C\C=C/CCCCCCCC(=O)OC[C@H](COP(=O)(O)OC[C@@H](O)COP(=O)(O)OC[C@@H](COC(=O)CCCCCCCCCC)OC(=O)CCCCCCCCCCCCC(C)CC)OC(=O)CCCCCCCCCCCCCCCCCC. The predicted molar refractivity (Wildman–Crippen MR) is 377 cm³/mol. The third-order valence-corrected chi connectivity index (χ3v) is 18.9. The van der Waals surface area contributed by atoms with Crippen molar-refractivity contribution in [3.8, 4) is 0 Å². The second-order valence-electron chi connectivity index (χ2n) is 26.2. The number of hydrogen-bond acceptors (Lipinski definition) is 15. The highest BCUT2D eigenvalue weighted by atomic mass is 31.2. The van der Waals surface area contributed by atoms with Crippen LogP contribution in [0.5, 0.6) is 0 Å². The molecule has 0 aliphatic carbocycles. The summed E-state index contributed by atoms with van der Waals surface area (Å²) in [5, 5.41) is 10.6. The summed E-state index contributed by atoms with van der Waals surface area (Å²) in [6.07, 6.45) is 57.6. The van der Waals surface area contributed by atoms with Crippen molar-refractivity contribution in [2.75, 3.05) is 39.6 Å². The van der Waals surface area contributed by atoms with Gasteiger partial charge in [0.1, 0.15) is 19.3 Å². The van der Waals surface area contributed by atoms with Gasteiger partial charge in [0.15, 0.2) is 12.2 Å². The van der Waals surface area contributed by atoms with Crippen molar-refractivity contribution in [3.63, 3.8) is 0 Å². The molecule has 0 bridgehead atoms. The molecule has 0 amide bonds. The first-order chi connectivity index (χ1) is 45.1. The summed E-state index contributed by atoms with van der Waals surface area (Å²) in [5.74, 6) is -1.35. The van der Waals surface area contributed by atoms with Gasteiger partial charge >= 0.3 is 39.5 Å². The van der Waals surface area contributed by atoms with Gasteiger partial charge in [-0.25, -0.2) is 9.13 Å². The van der Waals surface area contributed by atoms with Gasteiger partial charge in [0.2, 0.25) is 0 Å². The van der Waals surface area contributed by atoms with Crippen molar-refractivity contribution >= 4 is 39.5 Å². The Balaban J connectivity index is 5.26. The third-order valence-electron chi connectivity index (χ3n) is 17.0. The lowest BCUT2D eigenvalue weighted by molar-refractivity contribution is -0.161. The molecule has 0 aliphatic rings. The van der Waals surface area contributed by atoms with Crippen LogP contribution in [0.3, 0.4) is 0 Å². The average Bonchev–Trinajstić information content (AvgIpc) is 3.35. The maximum atomic E-state index is 13.1. The van der Waals surface area contributed by atoms with Crippen molar-refractivity contribution in [1.29, 1.82) is 0 Å². The van der Waals surface area contributed by atoms with E-state index < -0.39 is 97.5 Å². The third kappa shape index (κ3) is 66.6. The molecule has 0 aromatic heterocycles. The van der Waals surface area contributed by atoms with E-state index in [1.165, 1.54) is 161 Å². The maximum Gasteiger partial charge on any atom is 0.472 e. The number of esters is 4. The van der Waals surface area contributed by atoms with Crippen LogP contribution >= 0.6 is 15.6 Å². The first-order valence-corrected chi connectivity index (χ1v) is 41.0. The minimum Gasteiger partial charge on any atom is -0.462 e. The highest BCUT2D eigenvalue weighted by molar-refractivity contribution is 7.47. The molecular weight excluding hydrogens is 1220 g/mol. The smallest absolute Gasteiger partial charge is 0.462 e. The van der Waals surface area contributed by atoms with Crippen LogP contribution in [0.2, 0.25) is 0 Å². The quantitative estimate of drug-likeness (QED) is 0.0169. The Hall–Kier alpha value is -2.46. The normalized spacial score (nSPS) is 14.5.